The van der Waals surface area contributed by atoms with Gasteiger partial charge >= 0.3 is 6.18 Å². The minimum absolute atomic E-state index is 0.204. The molecule has 0 atom stereocenters. The van der Waals surface area contributed by atoms with E-state index >= 15 is 0 Å². The Bertz CT molecular complexity index is 313. The number of halogens is 4. The number of nitrogens with zero attached hydrogens (tertiary/aromatic N) is 1. The average molecular weight is 303 g/mol. The first-order valence-corrected chi connectivity index (χ1v) is 4.30. The minimum atomic E-state index is -4.39. The average Bonchev–Trinajstić information content (AvgIpc) is 2.02. The van der Waals surface area contributed by atoms with Crippen LogP contribution in [0.25, 0.3) is 0 Å². The molecule has 0 radical (unpaired) electrons. The summed E-state index contributed by atoms with van der Waals surface area (Å²) in [5.74, 6) is -0.226. The smallest absolute Gasteiger partial charge is 0.420 e. The van der Waals surface area contributed by atoms with Crippen LogP contribution in [0.15, 0.2) is 12.3 Å². The molecule has 0 aliphatic rings. The molecule has 1 aromatic rings. The summed E-state index contributed by atoms with van der Waals surface area (Å²) in [5.41, 5.74) is -0.797. The van der Waals surface area contributed by atoms with E-state index in [9.17, 15) is 13.2 Å². The maximum Gasteiger partial charge on any atom is 0.420 e. The summed E-state index contributed by atoms with van der Waals surface area (Å²) in [6.45, 7) is 0. The molecule has 0 aliphatic heterocycles. The zero-order valence-corrected chi connectivity index (χ0v) is 8.68. The van der Waals surface area contributed by atoms with Gasteiger partial charge in [-0.3, -0.25) is 0 Å². The third-order valence-electron chi connectivity index (χ3n) is 1.37. The van der Waals surface area contributed by atoms with Crippen LogP contribution in [0.5, 0.6) is 5.75 Å². The van der Waals surface area contributed by atoms with Crippen molar-refractivity contribution in [2.45, 2.75) is 6.18 Å². The van der Waals surface area contributed by atoms with Crippen LogP contribution in [0.3, 0.4) is 0 Å². The summed E-state index contributed by atoms with van der Waals surface area (Å²) >= 11 is 1.69. The predicted molar refractivity (Wildman–Crippen MR) is 48.5 cm³/mol. The molecule has 2 nitrogen and oxygen atoms in total. The van der Waals surface area contributed by atoms with E-state index in [1.165, 1.54) is 7.11 Å². The van der Waals surface area contributed by atoms with E-state index in [1.54, 1.807) is 22.6 Å². The first-order chi connectivity index (χ1) is 5.96. The zero-order chi connectivity index (χ0) is 10.1. The highest BCUT2D eigenvalue weighted by molar-refractivity contribution is 14.1. The molecule has 0 aliphatic carbocycles. The fourth-order valence-electron chi connectivity index (χ4n) is 0.840. The maximum absolute atomic E-state index is 12.3. The Morgan fingerprint density at radius 3 is 2.46 bits per heavy atom. The molecule has 0 saturated heterocycles. The van der Waals surface area contributed by atoms with Gasteiger partial charge in [0.15, 0.2) is 5.75 Å². The molecular formula is C7H5F3INO. The van der Waals surface area contributed by atoms with Crippen molar-refractivity contribution >= 4 is 22.6 Å². The van der Waals surface area contributed by atoms with E-state index in [1.807, 2.05) is 0 Å². The van der Waals surface area contributed by atoms with Gasteiger partial charge in [0.05, 0.1) is 7.11 Å². The number of pyridine rings is 1. The summed E-state index contributed by atoms with van der Waals surface area (Å²) in [6, 6.07) is 0.890. The highest BCUT2D eigenvalue weighted by atomic mass is 127. The van der Waals surface area contributed by atoms with E-state index in [-0.39, 0.29) is 9.45 Å². The second-order valence-corrected chi connectivity index (χ2v) is 3.20. The Labute approximate surface area is 86.3 Å². The first-order valence-electron chi connectivity index (χ1n) is 3.22. The summed E-state index contributed by atoms with van der Waals surface area (Å²) in [5, 5.41) is 0. The summed E-state index contributed by atoms with van der Waals surface area (Å²) in [4.78, 5) is 3.69. The van der Waals surface area contributed by atoms with E-state index in [0.29, 0.717) is 0 Å². The van der Waals surface area contributed by atoms with Crippen molar-refractivity contribution in [2.24, 2.45) is 0 Å². The maximum atomic E-state index is 12.3. The standard InChI is InChI=1S/C7H5F3INO/c1-13-5-4(7(8,9)10)2-3-12-6(5)11/h2-3H,1H3. The van der Waals surface area contributed by atoms with Crippen LogP contribution in [-0.2, 0) is 6.18 Å². The molecular weight excluding hydrogens is 298 g/mol. The van der Waals surface area contributed by atoms with Crippen molar-refractivity contribution in [1.29, 1.82) is 0 Å². The third-order valence-corrected chi connectivity index (χ3v) is 2.14. The van der Waals surface area contributed by atoms with Crippen LogP contribution in [0.2, 0.25) is 0 Å². The van der Waals surface area contributed by atoms with Gasteiger partial charge in [0.1, 0.15) is 9.26 Å². The molecule has 0 aromatic carbocycles. The van der Waals surface area contributed by atoms with Gasteiger partial charge in [0, 0.05) is 6.20 Å². The largest absolute Gasteiger partial charge is 0.493 e. The van der Waals surface area contributed by atoms with E-state index < -0.39 is 11.7 Å². The molecule has 0 unspecified atom stereocenters. The molecule has 1 rings (SSSR count). The van der Waals surface area contributed by atoms with Crippen LogP contribution in [0.4, 0.5) is 13.2 Å². The van der Waals surface area contributed by atoms with Crippen molar-refractivity contribution in [3.8, 4) is 5.75 Å². The van der Waals surface area contributed by atoms with Gasteiger partial charge in [-0.25, -0.2) is 4.98 Å². The molecule has 0 amide bonds. The lowest BCUT2D eigenvalue weighted by Gasteiger charge is -2.11. The number of rotatable bonds is 1. The van der Waals surface area contributed by atoms with Crippen LogP contribution < -0.4 is 4.74 Å². The number of methoxy groups -OCH3 is 1. The lowest BCUT2D eigenvalue weighted by Crippen LogP contribution is -2.09. The van der Waals surface area contributed by atoms with Gasteiger partial charge in [-0.2, -0.15) is 13.2 Å². The van der Waals surface area contributed by atoms with Crippen LogP contribution >= 0.6 is 22.6 Å². The fourth-order valence-corrected chi connectivity index (χ4v) is 1.51. The van der Waals surface area contributed by atoms with Gasteiger partial charge in [-0.15, -0.1) is 0 Å². The molecule has 6 heteroatoms. The number of aromatic nitrogens is 1. The molecule has 1 aromatic heterocycles. The van der Waals surface area contributed by atoms with Gasteiger partial charge in [-0.05, 0) is 28.7 Å². The van der Waals surface area contributed by atoms with Gasteiger partial charge in [0.25, 0.3) is 0 Å². The molecule has 0 spiro atoms. The molecule has 0 bridgehead atoms. The Kier molecular flexibility index (Phi) is 2.99. The Balaban J connectivity index is 3.29. The second kappa shape index (κ2) is 3.69. The van der Waals surface area contributed by atoms with Crippen LogP contribution in [-0.4, -0.2) is 12.1 Å². The normalized spacial score (nSPS) is 11.5. The first kappa shape index (κ1) is 10.6. The van der Waals surface area contributed by atoms with Crippen molar-refractivity contribution < 1.29 is 17.9 Å². The Morgan fingerprint density at radius 2 is 2.08 bits per heavy atom. The highest BCUT2D eigenvalue weighted by Crippen LogP contribution is 2.37. The monoisotopic (exact) mass is 303 g/mol. The van der Waals surface area contributed by atoms with Gasteiger partial charge in [-0.1, -0.05) is 0 Å². The fraction of sp³-hybridized carbons (Fsp3) is 0.286. The van der Waals surface area contributed by atoms with Crippen molar-refractivity contribution in [1.82, 2.24) is 4.98 Å². The lowest BCUT2D eigenvalue weighted by molar-refractivity contribution is -0.138. The van der Waals surface area contributed by atoms with Gasteiger partial charge in [0.2, 0.25) is 0 Å². The number of ether oxygens (including phenoxy) is 1. The summed E-state index contributed by atoms with van der Waals surface area (Å²) in [6.07, 6.45) is -3.29. The SMILES string of the molecule is COc1c(C(F)(F)F)ccnc1I. The van der Waals surface area contributed by atoms with Gasteiger partial charge < -0.3 is 4.74 Å². The van der Waals surface area contributed by atoms with Crippen LogP contribution in [0, 0.1) is 3.70 Å². The van der Waals surface area contributed by atoms with Crippen molar-refractivity contribution in [3.63, 3.8) is 0 Å². The van der Waals surface area contributed by atoms with E-state index in [0.717, 1.165) is 12.3 Å². The molecule has 72 valence electrons. The summed E-state index contributed by atoms with van der Waals surface area (Å²) in [7, 11) is 1.19. The summed E-state index contributed by atoms with van der Waals surface area (Å²) < 4.78 is 41.7. The molecule has 0 fully saturated rings. The highest BCUT2D eigenvalue weighted by Gasteiger charge is 2.35. The van der Waals surface area contributed by atoms with Crippen molar-refractivity contribution in [3.05, 3.63) is 21.5 Å². The third kappa shape index (κ3) is 2.23. The molecule has 13 heavy (non-hydrogen) atoms. The zero-order valence-electron chi connectivity index (χ0n) is 6.52. The number of hydrogen-bond donors (Lipinski definition) is 0. The Hall–Kier alpha value is -0.530. The van der Waals surface area contributed by atoms with Crippen LogP contribution in [0.1, 0.15) is 5.56 Å². The molecule has 0 saturated carbocycles. The molecule has 1 heterocycles. The quantitative estimate of drug-likeness (QED) is 0.588. The Morgan fingerprint density at radius 1 is 1.46 bits per heavy atom. The minimum Gasteiger partial charge on any atom is -0.493 e. The number of alkyl halides is 3. The topological polar surface area (TPSA) is 22.1 Å². The predicted octanol–water partition coefficient (Wildman–Crippen LogP) is 2.71. The number of hydrogen-bond acceptors (Lipinski definition) is 2. The van der Waals surface area contributed by atoms with E-state index in [2.05, 4.69) is 9.72 Å². The van der Waals surface area contributed by atoms with E-state index in [4.69, 9.17) is 0 Å². The second-order valence-electron chi connectivity index (χ2n) is 2.18. The molecule has 0 N–H and O–H groups in total. The van der Waals surface area contributed by atoms with Crippen molar-refractivity contribution in [2.75, 3.05) is 7.11 Å². The lowest BCUT2D eigenvalue weighted by atomic mass is 10.2.